The van der Waals surface area contributed by atoms with Gasteiger partial charge in [-0.2, -0.15) is 0 Å². The van der Waals surface area contributed by atoms with Gasteiger partial charge in [-0.25, -0.2) is 0 Å². The van der Waals surface area contributed by atoms with Gasteiger partial charge in [0.2, 0.25) is 5.91 Å². The minimum atomic E-state index is -0.398. The molecule has 2 aromatic rings. The molecule has 0 unspecified atom stereocenters. The van der Waals surface area contributed by atoms with Crippen LogP contribution in [0.25, 0.3) is 6.08 Å². The molecule has 0 atom stereocenters. The Bertz CT molecular complexity index is 933. The van der Waals surface area contributed by atoms with Gasteiger partial charge in [0.15, 0.2) is 5.11 Å². The van der Waals surface area contributed by atoms with E-state index in [1.165, 1.54) is 6.08 Å². The lowest BCUT2D eigenvalue weighted by molar-refractivity contribution is -0.115. The maximum atomic E-state index is 12.5. The number of hydrogen-bond acceptors (Lipinski definition) is 4. The van der Waals surface area contributed by atoms with E-state index in [-0.39, 0.29) is 16.6 Å². The van der Waals surface area contributed by atoms with Gasteiger partial charge in [0, 0.05) is 17.2 Å². The van der Waals surface area contributed by atoms with Crippen LogP contribution in [-0.4, -0.2) is 29.6 Å². The predicted molar refractivity (Wildman–Crippen MR) is 120 cm³/mol. The van der Waals surface area contributed by atoms with Crippen molar-refractivity contribution in [1.82, 2.24) is 10.6 Å². The Balaban J connectivity index is 2.03. The van der Waals surface area contributed by atoms with Gasteiger partial charge in [0.25, 0.3) is 5.91 Å². The molecule has 2 amide bonds. The molecule has 0 fully saturated rings. The van der Waals surface area contributed by atoms with Crippen LogP contribution in [0, 0.1) is 0 Å². The largest absolute Gasteiger partial charge is 0.496 e. The Hall–Kier alpha value is -3.19. The smallest absolute Gasteiger partial charge is 0.253 e. The van der Waals surface area contributed by atoms with Crippen molar-refractivity contribution in [2.24, 2.45) is 0 Å². The first-order chi connectivity index (χ1) is 13.7. The number of thiocarbonyl (C=S) groups is 1. The summed E-state index contributed by atoms with van der Waals surface area (Å²) in [4.78, 5) is 24.7. The molecule has 0 aliphatic heterocycles. The molecule has 29 heavy (non-hydrogen) atoms. The fourth-order valence-electron chi connectivity index (χ4n) is 2.47. The fourth-order valence-corrected chi connectivity index (χ4v) is 2.69. The van der Waals surface area contributed by atoms with Crippen molar-refractivity contribution in [2.75, 3.05) is 12.4 Å². The van der Waals surface area contributed by atoms with E-state index in [4.69, 9.17) is 17.0 Å². The molecule has 152 valence electrons. The summed E-state index contributed by atoms with van der Waals surface area (Å²) in [6, 6.07) is 14.3. The van der Waals surface area contributed by atoms with Crippen molar-refractivity contribution in [3.63, 3.8) is 0 Å². The van der Waals surface area contributed by atoms with Crippen molar-refractivity contribution in [2.45, 2.75) is 26.3 Å². The number of benzene rings is 2. The molecule has 6 nitrogen and oxygen atoms in total. The Morgan fingerprint density at radius 1 is 1.03 bits per heavy atom. The number of methoxy groups -OCH3 is 1. The van der Waals surface area contributed by atoms with Gasteiger partial charge >= 0.3 is 0 Å². The number of carbonyl (C=O) groups excluding carboxylic acids is 2. The van der Waals surface area contributed by atoms with E-state index in [1.807, 2.05) is 45.0 Å². The molecule has 2 rings (SSSR count). The lowest BCUT2D eigenvalue weighted by Gasteiger charge is -2.21. The molecule has 0 radical (unpaired) electrons. The van der Waals surface area contributed by atoms with Crippen molar-refractivity contribution in [1.29, 1.82) is 0 Å². The molecule has 0 aliphatic carbocycles. The van der Waals surface area contributed by atoms with Crippen LogP contribution in [-0.2, 0) is 4.79 Å². The van der Waals surface area contributed by atoms with E-state index in [0.29, 0.717) is 17.0 Å². The summed E-state index contributed by atoms with van der Waals surface area (Å²) >= 11 is 5.21. The third-order valence-corrected chi connectivity index (χ3v) is 3.90. The molecule has 3 N–H and O–H groups in total. The molecule has 0 saturated carbocycles. The maximum absolute atomic E-state index is 12.5. The highest BCUT2D eigenvalue weighted by Crippen LogP contribution is 2.19. The summed E-state index contributed by atoms with van der Waals surface area (Å²) < 4.78 is 5.25. The first kappa shape index (κ1) is 22.1. The van der Waals surface area contributed by atoms with E-state index < -0.39 is 5.91 Å². The molecular formula is C22H25N3O3S. The highest BCUT2D eigenvalue weighted by Gasteiger charge is 2.18. The number of nitrogens with one attached hydrogen (secondary N) is 3. The highest BCUT2D eigenvalue weighted by atomic mass is 32.1. The summed E-state index contributed by atoms with van der Waals surface area (Å²) in [5.41, 5.74) is 1.34. The van der Waals surface area contributed by atoms with Gasteiger partial charge in [0.05, 0.1) is 18.4 Å². The van der Waals surface area contributed by atoms with E-state index in [1.54, 1.807) is 37.5 Å². The zero-order chi connectivity index (χ0) is 21.4. The number of hydrogen-bond donors (Lipinski definition) is 3. The normalized spacial score (nSPS) is 11.0. The molecule has 0 spiro atoms. The number of ether oxygens (including phenoxy) is 1. The van der Waals surface area contributed by atoms with Crippen molar-refractivity contribution < 1.29 is 14.3 Å². The monoisotopic (exact) mass is 411 g/mol. The molecule has 2 aromatic carbocycles. The second-order valence-corrected chi connectivity index (χ2v) is 7.68. The van der Waals surface area contributed by atoms with E-state index in [0.717, 1.165) is 5.56 Å². The molecule has 0 bridgehead atoms. The van der Waals surface area contributed by atoms with Gasteiger partial charge in [0.1, 0.15) is 5.75 Å². The first-order valence-corrected chi connectivity index (χ1v) is 9.45. The third-order valence-electron chi connectivity index (χ3n) is 3.70. The second-order valence-electron chi connectivity index (χ2n) is 7.27. The summed E-state index contributed by atoms with van der Waals surface area (Å²) in [5, 5.41) is 8.48. The molecule has 0 saturated heterocycles. The first-order valence-electron chi connectivity index (χ1n) is 9.04. The van der Waals surface area contributed by atoms with Crippen LogP contribution >= 0.6 is 12.2 Å². The number of anilines is 1. The number of carbonyl (C=O) groups is 2. The van der Waals surface area contributed by atoms with Crippen molar-refractivity contribution in [3.05, 3.63) is 65.7 Å². The number of amides is 2. The number of para-hydroxylation sites is 2. The van der Waals surface area contributed by atoms with E-state index in [9.17, 15) is 9.59 Å². The Morgan fingerprint density at radius 3 is 2.38 bits per heavy atom. The Kier molecular flexibility index (Phi) is 7.50. The van der Waals surface area contributed by atoms with Crippen LogP contribution in [0.2, 0.25) is 0 Å². The molecule has 0 heterocycles. The van der Waals surface area contributed by atoms with Crippen LogP contribution in [0.5, 0.6) is 5.75 Å². The van der Waals surface area contributed by atoms with Gasteiger partial charge < -0.3 is 15.4 Å². The molecular weight excluding hydrogens is 386 g/mol. The van der Waals surface area contributed by atoms with E-state index in [2.05, 4.69) is 16.0 Å². The maximum Gasteiger partial charge on any atom is 0.253 e. The zero-order valence-electron chi connectivity index (χ0n) is 16.9. The minimum Gasteiger partial charge on any atom is -0.496 e. The van der Waals surface area contributed by atoms with E-state index >= 15 is 0 Å². The van der Waals surface area contributed by atoms with Gasteiger partial charge in [-0.15, -0.1) is 0 Å². The average molecular weight is 412 g/mol. The third kappa shape index (κ3) is 7.04. The Labute approximate surface area is 176 Å². The Morgan fingerprint density at radius 2 is 1.69 bits per heavy atom. The van der Waals surface area contributed by atoms with Crippen molar-refractivity contribution in [3.8, 4) is 5.75 Å². The lowest BCUT2D eigenvalue weighted by atomic mass is 10.1. The standard InChI is InChI=1S/C22H25N3O3S/c1-22(2,3)25-20(27)16-10-6-7-11-17(16)23-21(29)24-19(26)14-13-15-9-5-8-12-18(15)28-4/h5-14H,1-4H3,(H,25,27)(H2,23,24,26,29)/b14-13+. The SMILES string of the molecule is COc1ccccc1/C=C/C(=O)NC(=S)Nc1ccccc1C(=O)NC(C)(C)C. The summed E-state index contributed by atoms with van der Waals surface area (Å²) in [6.45, 7) is 5.71. The van der Waals surface area contributed by atoms with Gasteiger partial charge in [-0.05, 0) is 57.3 Å². The molecule has 0 aliphatic rings. The van der Waals surface area contributed by atoms with Crippen LogP contribution in [0.15, 0.2) is 54.6 Å². The van der Waals surface area contributed by atoms with Crippen molar-refractivity contribution >= 4 is 40.9 Å². The summed E-state index contributed by atoms with van der Waals surface area (Å²) in [6.07, 6.45) is 3.01. The van der Waals surface area contributed by atoms with Crippen LogP contribution < -0.4 is 20.7 Å². The highest BCUT2D eigenvalue weighted by molar-refractivity contribution is 7.80. The van der Waals surface area contributed by atoms with Crippen LogP contribution in [0.4, 0.5) is 5.69 Å². The quantitative estimate of drug-likeness (QED) is 0.516. The fraction of sp³-hybridized carbons (Fsp3) is 0.227. The van der Waals surface area contributed by atoms with Crippen LogP contribution in [0.1, 0.15) is 36.7 Å². The lowest BCUT2D eigenvalue weighted by Crippen LogP contribution is -2.41. The zero-order valence-corrected chi connectivity index (χ0v) is 17.7. The molecule has 0 aromatic heterocycles. The minimum absolute atomic E-state index is 0.0932. The topological polar surface area (TPSA) is 79.5 Å². The molecule has 7 heteroatoms. The number of rotatable bonds is 5. The van der Waals surface area contributed by atoms with Crippen LogP contribution in [0.3, 0.4) is 0 Å². The van der Waals surface area contributed by atoms with Gasteiger partial charge in [-0.1, -0.05) is 30.3 Å². The predicted octanol–water partition coefficient (Wildman–Crippen LogP) is 3.75. The summed E-state index contributed by atoms with van der Waals surface area (Å²) in [7, 11) is 1.57. The summed E-state index contributed by atoms with van der Waals surface area (Å²) in [5.74, 6) is 0.0341. The average Bonchev–Trinajstić information content (AvgIpc) is 2.65. The van der Waals surface area contributed by atoms with Gasteiger partial charge in [-0.3, -0.25) is 14.9 Å². The second kappa shape index (κ2) is 9.84.